The first-order valence-electron chi connectivity index (χ1n) is 5.12. The minimum atomic E-state index is -0.231. The van der Waals surface area contributed by atoms with Crippen molar-refractivity contribution in [1.29, 1.82) is 0 Å². The number of methoxy groups -OCH3 is 1. The van der Waals surface area contributed by atoms with Gasteiger partial charge in [0.1, 0.15) is 0 Å². The third-order valence-corrected chi connectivity index (χ3v) is 3.28. The van der Waals surface area contributed by atoms with Crippen molar-refractivity contribution in [3.05, 3.63) is 11.6 Å². The molecule has 0 aliphatic carbocycles. The first kappa shape index (κ1) is 11.3. The van der Waals surface area contributed by atoms with E-state index in [1.807, 2.05) is 5.38 Å². The first-order valence-corrected chi connectivity index (χ1v) is 6.00. The van der Waals surface area contributed by atoms with Gasteiger partial charge >= 0.3 is 5.97 Å². The van der Waals surface area contributed by atoms with Gasteiger partial charge in [0, 0.05) is 24.7 Å². The average molecular weight is 242 g/mol. The van der Waals surface area contributed by atoms with Gasteiger partial charge in [0.15, 0.2) is 5.13 Å². The number of aromatic nitrogens is 1. The van der Waals surface area contributed by atoms with Gasteiger partial charge < -0.3 is 14.4 Å². The molecule has 1 saturated heterocycles. The van der Waals surface area contributed by atoms with E-state index in [9.17, 15) is 4.79 Å². The molecule has 6 heteroatoms. The Balaban J connectivity index is 1.91. The third kappa shape index (κ3) is 2.70. The molecule has 1 fully saturated rings. The molecule has 88 valence electrons. The summed E-state index contributed by atoms with van der Waals surface area (Å²) in [6, 6.07) is 0. The highest BCUT2D eigenvalue weighted by Gasteiger charge is 2.24. The summed E-state index contributed by atoms with van der Waals surface area (Å²) in [6.45, 7) is 2.15. The number of hydrogen-bond acceptors (Lipinski definition) is 6. The van der Waals surface area contributed by atoms with Crippen LogP contribution in [0.3, 0.4) is 0 Å². The molecule has 0 bridgehead atoms. The molecule has 1 aromatic rings. The number of esters is 1. The molecule has 0 radical (unpaired) electrons. The van der Waals surface area contributed by atoms with E-state index in [2.05, 4.69) is 14.6 Å². The maximum Gasteiger partial charge on any atom is 0.308 e. The zero-order valence-corrected chi connectivity index (χ0v) is 9.90. The molecule has 0 spiro atoms. The topological polar surface area (TPSA) is 51.7 Å². The van der Waals surface area contributed by atoms with Gasteiger partial charge in [-0.1, -0.05) is 0 Å². The molecule has 0 amide bonds. The van der Waals surface area contributed by atoms with Crippen LogP contribution in [0.2, 0.25) is 0 Å². The normalized spacial score (nSPS) is 20.8. The van der Waals surface area contributed by atoms with E-state index in [1.54, 1.807) is 17.5 Å². The molecule has 1 aliphatic heterocycles. The summed E-state index contributed by atoms with van der Waals surface area (Å²) in [5.74, 6) is -0.231. The third-order valence-electron chi connectivity index (χ3n) is 2.45. The second kappa shape index (κ2) is 5.27. The summed E-state index contributed by atoms with van der Waals surface area (Å²) in [5.41, 5.74) is 0. The summed E-state index contributed by atoms with van der Waals surface area (Å²) in [5, 5.41) is 2.93. The first-order chi connectivity index (χ1) is 7.79. The van der Waals surface area contributed by atoms with E-state index in [1.165, 1.54) is 7.11 Å². The second-order valence-electron chi connectivity index (χ2n) is 3.53. The lowest BCUT2D eigenvalue weighted by molar-refractivity contribution is -0.144. The van der Waals surface area contributed by atoms with Crippen molar-refractivity contribution >= 4 is 22.4 Å². The van der Waals surface area contributed by atoms with Gasteiger partial charge in [-0.3, -0.25) is 4.79 Å². The highest BCUT2D eigenvalue weighted by atomic mass is 32.1. The van der Waals surface area contributed by atoms with E-state index >= 15 is 0 Å². The Morgan fingerprint density at radius 2 is 2.69 bits per heavy atom. The number of carbonyl (C=O) groups excluding carboxylic acids is 1. The van der Waals surface area contributed by atoms with Crippen molar-refractivity contribution in [2.75, 3.05) is 31.7 Å². The number of ether oxygens (including phenoxy) is 2. The molecule has 1 aromatic heterocycles. The molecule has 5 nitrogen and oxygen atoms in total. The van der Waals surface area contributed by atoms with Crippen LogP contribution < -0.4 is 4.90 Å². The van der Waals surface area contributed by atoms with E-state index in [0.717, 1.165) is 11.7 Å². The Morgan fingerprint density at radius 1 is 1.81 bits per heavy atom. The van der Waals surface area contributed by atoms with E-state index in [0.29, 0.717) is 19.6 Å². The number of morpholine rings is 1. The Labute approximate surface area is 98.0 Å². The van der Waals surface area contributed by atoms with Crippen molar-refractivity contribution in [1.82, 2.24) is 4.98 Å². The van der Waals surface area contributed by atoms with Crippen LogP contribution in [0, 0.1) is 0 Å². The van der Waals surface area contributed by atoms with Crippen LogP contribution >= 0.6 is 11.3 Å². The van der Waals surface area contributed by atoms with Gasteiger partial charge in [-0.05, 0) is 0 Å². The lowest BCUT2D eigenvalue weighted by Crippen LogP contribution is -2.43. The Bertz CT molecular complexity index is 342. The SMILES string of the molecule is COC(=O)CC1CN(c2nccs2)CCO1. The molecule has 0 aromatic carbocycles. The molecular weight excluding hydrogens is 228 g/mol. The zero-order valence-electron chi connectivity index (χ0n) is 9.09. The van der Waals surface area contributed by atoms with Crippen molar-refractivity contribution < 1.29 is 14.3 Å². The molecule has 1 aliphatic rings. The maximum absolute atomic E-state index is 11.1. The van der Waals surface area contributed by atoms with Crippen LogP contribution in [0.1, 0.15) is 6.42 Å². The Kier molecular flexibility index (Phi) is 3.74. The zero-order chi connectivity index (χ0) is 11.4. The Morgan fingerprint density at radius 3 is 3.38 bits per heavy atom. The standard InChI is InChI=1S/C10H14N2O3S/c1-14-9(13)6-8-7-12(3-4-15-8)10-11-2-5-16-10/h2,5,8H,3-4,6-7H2,1H3. The maximum atomic E-state index is 11.1. The van der Waals surface area contributed by atoms with Crippen LogP contribution in [0.4, 0.5) is 5.13 Å². The van der Waals surface area contributed by atoms with E-state index in [-0.39, 0.29) is 12.1 Å². The van der Waals surface area contributed by atoms with Gasteiger partial charge in [0.05, 0.1) is 26.2 Å². The highest BCUT2D eigenvalue weighted by Crippen LogP contribution is 2.20. The molecular formula is C10H14N2O3S. The molecule has 0 N–H and O–H groups in total. The van der Waals surface area contributed by atoms with Gasteiger partial charge in [0.2, 0.25) is 0 Å². The summed E-state index contributed by atoms with van der Waals surface area (Å²) < 4.78 is 10.1. The quantitative estimate of drug-likeness (QED) is 0.737. The lowest BCUT2D eigenvalue weighted by atomic mass is 10.2. The number of carbonyl (C=O) groups is 1. The minimum Gasteiger partial charge on any atom is -0.469 e. The van der Waals surface area contributed by atoms with Crippen LogP contribution in [-0.2, 0) is 14.3 Å². The largest absolute Gasteiger partial charge is 0.469 e. The highest BCUT2D eigenvalue weighted by molar-refractivity contribution is 7.13. The van der Waals surface area contributed by atoms with Crippen LogP contribution in [0.5, 0.6) is 0 Å². The molecule has 1 unspecified atom stereocenters. The lowest BCUT2D eigenvalue weighted by Gasteiger charge is -2.32. The monoisotopic (exact) mass is 242 g/mol. The van der Waals surface area contributed by atoms with Gasteiger partial charge in [0.25, 0.3) is 0 Å². The van der Waals surface area contributed by atoms with Crippen molar-refractivity contribution in [3.63, 3.8) is 0 Å². The fraction of sp³-hybridized carbons (Fsp3) is 0.600. The molecule has 2 rings (SSSR count). The van der Waals surface area contributed by atoms with Crippen molar-refractivity contribution in [2.45, 2.75) is 12.5 Å². The fourth-order valence-corrected chi connectivity index (χ4v) is 2.34. The van der Waals surface area contributed by atoms with Crippen LogP contribution in [-0.4, -0.2) is 43.9 Å². The second-order valence-corrected chi connectivity index (χ2v) is 4.41. The van der Waals surface area contributed by atoms with Gasteiger partial charge in [-0.25, -0.2) is 4.98 Å². The number of anilines is 1. The predicted molar refractivity (Wildman–Crippen MR) is 60.7 cm³/mol. The van der Waals surface area contributed by atoms with E-state index < -0.39 is 0 Å². The number of rotatable bonds is 3. The number of nitrogens with zero attached hydrogens (tertiary/aromatic N) is 2. The molecule has 2 heterocycles. The molecule has 0 saturated carbocycles. The fourth-order valence-electron chi connectivity index (χ4n) is 1.66. The minimum absolute atomic E-state index is 0.0925. The average Bonchev–Trinajstić information content (AvgIpc) is 2.83. The van der Waals surface area contributed by atoms with Crippen LogP contribution in [0.15, 0.2) is 11.6 Å². The van der Waals surface area contributed by atoms with Gasteiger partial charge in [-0.15, -0.1) is 11.3 Å². The van der Waals surface area contributed by atoms with E-state index in [4.69, 9.17) is 4.74 Å². The number of hydrogen-bond donors (Lipinski definition) is 0. The molecule has 1 atom stereocenters. The van der Waals surface area contributed by atoms with Crippen LogP contribution in [0.25, 0.3) is 0 Å². The van der Waals surface area contributed by atoms with Crippen molar-refractivity contribution in [3.8, 4) is 0 Å². The summed E-state index contributed by atoms with van der Waals surface area (Å²) in [4.78, 5) is 17.5. The Hall–Kier alpha value is -1.14. The summed E-state index contributed by atoms with van der Waals surface area (Å²) in [6.07, 6.45) is 1.99. The number of thiazole rings is 1. The molecule has 16 heavy (non-hydrogen) atoms. The van der Waals surface area contributed by atoms with Crippen molar-refractivity contribution in [2.24, 2.45) is 0 Å². The van der Waals surface area contributed by atoms with Gasteiger partial charge in [-0.2, -0.15) is 0 Å². The summed E-state index contributed by atoms with van der Waals surface area (Å²) >= 11 is 1.60. The predicted octanol–water partition coefficient (Wildman–Crippen LogP) is 0.911. The summed E-state index contributed by atoms with van der Waals surface area (Å²) in [7, 11) is 1.39. The smallest absolute Gasteiger partial charge is 0.308 e.